The molecule has 0 bridgehead atoms. The number of hydrogen-bond acceptors (Lipinski definition) is 6. The molecule has 8 nitrogen and oxygen atoms in total. The van der Waals surface area contributed by atoms with E-state index >= 15 is 0 Å². The van der Waals surface area contributed by atoms with Gasteiger partial charge < -0.3 is 4.74 Å². The van der Waals surface area contributed by atoms with E-state index in [9.17, 15) is 24.5 Å². The van der Waals surface area contributed by atoms with Crippen LogP contribution in [0.2, 0.25) is 0 Å². The lowest BCUT2D eigenvalue weighted by molar-refractivity contribution is -0.384. The fraction of sp³-hybridized carbons (Fsp3) is 0.118. The first-order valence-corrected chi connectivity index (χ1v) is 7.38. The van der Waals surface area contributed by atoms with E-state index in [1.165, 1.54) is 18.2 Å². The number of nitro benzene ring substituents is 1. The van der Waals surface area contributed by atoms with E-state index in [-0.39, 0.29) is 24.4 Å². The van der Waals surface area contributed by atoms with Crippen molar-refractivity contribution < 1.29 is 24.0 Å². The van der Waals surface area contributed by atoms with Gasteiger partial charge in [0.1, 0.15) is 5.75 Å². The second-order valence-corrected chi connectivity index (χ2v) is 5.29. The monoisotopic (exact) mass is 340 g/mol. The van der Waals surface area contributed by atoms with E-state index in [4.69, 9.17) is 4.74 Å². The van der Waals surface area contributed by atoms with Crippen LogP contribution in [0, 0.1) is 10.1 Å². The summed E-state index contributed by atoms with van der Waals surface area (Å²) in [6.07, 6.45) is -0.214. The van der Waals surface area contributed by atoms with Crippen molar-refractivity contribution in [2.75, 3.05) is 6.54 Å². The number of nitrogens with zero attached hydrogens (tertiary/aromatic N) is 2. The summed E-state index contributed by atoms with van der Waals surface area (Å²) in [6, 6.07) is 11.6. The van der Waals surface area contributed by atoms with E-state index in [0.717, 1.165) is 11.0 Å². The van der Waals surface area contributed by atoms with Gasteiger partial charge in [-0.3, -0.25) is 29.4 Å². The average molecular weight is 340 g/mol. The molecule has 0 saturated carbocycles. The smallest absolute Gasteiger partial charge is 0.313 e. The molecule has 1 aliphatic rings. The minimum atomic E-state index is -0.697. The maximum absolute atomic E-state index is 12.2. The molecule has 3 rings (SSSR count). The molecule has 126 valence electrons. The molecule has 0 unspecified atom stereocenters. The first-order chi connectivity index (χ1) is 12.0. The van der Waals surface area contributed by atoms with Crippen LogP contribution in [0.5, 0.6) is 5.75 Å². The molecule has 0 N–H and O–H groups in total. The first kappa shape index (κ1) is 16.3. The summed E-state index contributed by atoms with van der Waals surface area (Å²) in [4.78, 5) is 47.3. The molecule has 0 spiro atoms. The van der Waals surface area contributed by atoms with Crippen LogP contribution >= 0.6 is 0 Å². The van der Waals surface area contributed by atoms with Crippen LogP contribution in [-0.2, 0) is 4.79 Å². The zero-order valence-corrected chi connectivity index (χ0v) is 12.9. The average Bonchev–Trinajstić information content (AvgIpc) is 2.85. The van der Waals surface area contributed by atoms with Crippen LogP contribution in [0.15, 0.2) is 48.5 Å². The number of esters is 1. The van der Waals surface area contributed by atoms with Gasteiger partial charge in [-0.05, 0) is 18.2 Å². The van der Waals surface area contributed by atoms with Gasteiger partial charge in [-0.25, -0.2) is 0 Å². The SMILES string of the molecule is O=C(CCN1C(=O)c2ccccc2C1=O)Oc1cccc([N+](=O)[O-])c1. The van der Waals surface area contributed by atoms with Crippen LogP contribution in [0.1, 0.15) is 27.1 Å². The number of hydrogen-bond donors (Lipinski definition) is 0. The van der Waals surface area contributed by atoms with Crippen molar-refractivity contribution in [3.8, 4) is 5.75 Å². The maximum Gasteiger partial charge on any atom is 0.313 e. The van der Waals surface area contributed by atoms with E-state index in [1.54, 1.807) is 24.3 Å². The number of carbonyl (C=O) groups is 3. The summed E-state index contributed by atoms with van der Waals surface area (Å²) in [5.41, 5.74) is 0.407. The highest BCUT2D eigenvalue weighted by Crippen LogP contribution is 2.23. The van der Waals surface area contributed by atoms with Gasteiger partial charge in [0.05, 0.1) is 28.5 Å². The van der Waals surface area contributed by atoms with Crippen LogP contribution in [-0.4, -0.2) is 34.2 Å². The molecule has 0 atom stereocenters. The van der Waals surface area contributed by atoms with Gasteiger partial charge in [0.15, 0.2) is 0 Å². The summed E-state index contributed by atoms with van der Waals surface area (Å²) in [5.74, 6) is -1.58. The third kappa shape index (κ3) is 3.23. The predicted octanol–water partition coefficient (Wildman–Crippen LogP) is 2.19. The van der Waals surface area contributed by atoms with Gasteiger partial charge in [-0.2, -0.15) is 0 Å². The fourth-order valence-corrected chi connectivity index (χ4v) is 2.49. The maximum atomic E-state index is 12.2. The third-order valence-electron chi connectivity index (χ3n) is 3.68. The Morgan fingerprint density at radius 1 is 1.04 bits per heavy atom. The van der Waals surface area contributed by atoms with Gasteiger partial charge in [0, 0.05) is 12.6 Å². The van der Waals surface area contributed by atoms with Gasteiger partial charge in [-0.1, -0.05) is 18.2 Å². The molecule has 2 aromatic carbocycles. The number of imide groups is 1. The Morgan fingerprint density at radius 3 is 2.28 bits per heavy atom. The number of rotatable bonds is 5. The van der Waals surface area contributed by atoms with E-state index in [2.05, 4.69) is 0 Å². The number of nitro groups is 1. The molecular weight excluding hydrogens is 328 g/mol. The van der Waals surface area contributed by atoms with Crippen LogP contribution in [0.3, 0.4) is 0 Å². The molecule has 0 fully saturated rings. The first-order valence-electron chi connectivity index (χ1n) is 7.38. The Bertz CT molecular complexity index is 857. The lowest BCUT2D eigenvalue weighted by Crippen LogP contribution is -2.32. The van der Waals surface area contributed by atoms with Crippen molar-refractivity contribution in [1.82, 2.24) is 4.90 Å². The quantitative estimate of drug-likeness (QED) is 0.271. The van der Waals surface area contributed by atoms with E-state index in [1.807, 2.05) is 0 Å². The molecule has 1 aliphatic heterocycles. The number of amides is 2. The molecular formula is C17H12N2O6. The molecule has 8 heteroatoms. The standard InChI is InChI=1S/C17H12N2O6/c20-15(25-12-5-3-4-11(10-12)19(23)24)8-9-18-16(21)13-6-1-2-7-14(13)17(18)22/h1-7,10H,8-9H2. The minimum absolute atomic E-state index is 0.0292. The van der Waals surface area contributed by atoms with Crippen molar-refractivity contribution in [3.05, 3.63) is 69.8 Å². The number of benzene rings is 2. The minimum Gasteiger partial charge on any atom is -0.426 e. The highest BCUT2D eigenvalue weighted by Gasteiger charge is 2.35. The largest absolute Gasteiger partial charge is 0.426 e. The van der Waals surface area contributed by atoms with Crippen molar-refractivity contribution in [1.29, 1.82) is 0 Å². The molecule has 0 aromatic heterocycles. The second-order valence-electron chi connectivity index (χ2n) is 5.29. The van der Waals surface area contributed by atoms with Gasteiger partial charge >= 0.3 is 5.97 Å². The highest BCUT2D eigenvalue weighted by molar-refractivity contribution is 6.21. The highest BCUT2D eigenvalue weighted by atomic mass is 16.6. The number of non-ortho nitro benzene ring substituents is 1. The molecule has 2 amide bonds. The summed E-state index contributed by atoms with van der Waals surface area (Å²) in [5, 5.41) is 10.7. The Morgan fingerprint density at radius 2 is 1.68 bits per heavy atom. The zero-order chi connectivity index (χ0) is 18.0. The molecule has 1 heterocycles. The normalized spacial score (nSPS) is 12.9. The van der Waals surface area contributed by atoms with Crippen LogP contribution in [0.25, 0.3) is 0 Å². The molecule has 0 radical (unpaired) electrons. The molecule has 0 saturated heterocycles. The number of fused-ring (bicyclic) bond motifs is 1. The molecule has 2 aromatic rings. The summed E-state index contributed by atoms with van der Waals surface area (Å²) in [6.45, 7) is -0.125. The number of ether oxygens (including phenoxy) is 1. The summed E-state index contributed by atoms with van der Waals surface area (Å²) in [7, 11) is 0. The second kappa shape index (κ2) is 6.52. The predicted molar refractivity (Wildman–Crippen MR) is 85.2 cm³/mol. The molecule has 0 aliphatic carbocycles. The van der Waals surface area contributed by atoms with Crippen molar-refractivity contribution in [3.63, 3.8) is 0 Å². The Kier molecular flexibility index (Phi) is 4.25. The van der Waals surface area contributed by atoms with Gasteiger partial charge in [0.25, 0.3) is 17.5 Å². The van der Waals surface area contributed by atoms with Gasteiger partial charge in [-0.15, -0.1) is 0 Å². The van der Waals surface area contributed by atoms with E-state index in [0.29, 0.717) is 11.1 Å². The summed E-state index contributed by atoms with van der Waals surface area (Å²) < 4.78 is 5.02. The molecule has 25 heavy (non-hydrogen) atoms. The Hall–Kier alpha value is -3.55. The van der Waals surface area contributed by atoms with Gasteiger partial charge in [0.2, 0.25) is 0 Å². The zero-order valence-electron chi connectivity index (χ0n) is 12.9. The topological polar surface area (TPSA) is 107 Å². The lowest BCUT2D eigenvalue weighted by atomic mass is 10.1. The van der Waals surface area contributed by atoms with Crippen LogP contribution in [0.4, 0.5) is 5.69 Å². The van der Waals surface area contributed by atoms with Crippen molar-refractivity contribution in [2.45, 2.75) is 6.42 Å². The van der Waals surface area contributed by atoms with Crippen molar-refractivity contribution >= 4 is 23.5 Å². The lowest BCUT2D eigenvalue weighted by Gasteiger charge is -2.13. The van der Waals surface area contributed by atoms with Crippen molar-refractivity contribution in [2.24, 2.45) is 0 Å². The fourth-order valence-electron chi connectivity index (χ4n) is 2.49. The van der Waals surface area contributed by atoms with E-state index < -0.39 is 22.7 Å². The third-order valence-corrected chi connectivity index (χ3v) is 3.68. The Labute approximate surface area is 141 Å². The van der Waals surface area contributed by atoms with Crippen LogP contribution < -0.4 is 4.74 Å². The number of carbonyl (C=O) groups excluding carboxylic acids is 3. The summed E-state index contributed by atoms with van der Waals surface area (Å²) >= 11 is 0. The Balaban J connectivity index is 1.62.